The van der Waals surface area contributed by atoms with Gasteiger partial charge in [0.05, 0.1) is 5.69 Å². The minimum atomic E-state index is -0.157. The monoisotopic (exact) mass is 262 g/mol. The molecule has 2 aromatic rings. The molecule has 1 N–H and O–H groups in total. The lowest BCUT2D eigenvalue weighted by atomic mass is 10.0. The third kappa shape index (κ3) is 1.95. The van der Waals surface area contributed by atoms with Crippen molar-refractivity contribution < 1.29 is 4.39 Å². The molecule has 1 aromatic carbocycles. The number of halogens is 1. The highest BCUT2D eigenvalue weighted by atomic mass is 32.1. The molecular weight excluding hydrogens is 247 g/mol. The fourth-order valence-electron chi connectivity index (χ4n) is 2.16. The van der Waals surface area contributed by atoms with Crippen molar-refractivity contribution in [1.29, 1.82) is 0 Å². The summed E-state index contributed by atoms with van der Waals surface area (Å²) in [6.07, 6.45) is 0. The predicted octanol–water partition coefficient (Wildman–Crippen LogP) is 3.25. The molecule has 0 aliphatic carbocycles. The standard InChI is InChI=1S/C14H15FN2S/c1-8-5-10(3-4-12(8)15)14-17-9(2)13(18-14)11-6-16-7-11/h3-5,11,16H,6-7H2,1-2H3. The lowest BCUT2D eigenvalue weighted by molar-refractivity contribution is 0.452. The van der Waals surface area contributed by atoms with Gasteiger partial charge in [0.2, 0.25) is 0 Å². The first-order valence-corrected chi connectivity index (χ1v) is 6.91. The van der Waals surface area contributed by atoms with E-state index < -0.39 is 0 Å². The number of hydrogen-bond acceptors (Lipinski definition) is 3. The third-order valence-electron chi connectivity index (χ3n) is 3.39. The average Bonchev–Trinajstić information content (AvgIpc) is 2.63. The minimum absolute atomic E-state index is 0.157. The highest BCUT2D eigenvalue weighted by molar-refractivity contribution is 7.15. The molecule has 4 heteroatoms. The van der Waals surface area contributed by atoms with E-state index in [2.05, 4.69) is 17.2 Å². The largest absolute Gasteiger partial charge is 0.315 e. The van der Waals surface area contributed by atoms with E-state index in [0.717, 1.165) is 29.4 Å². The van der Waals surface area contributed by atoms with Gasteiger partial charge < -0.3 is 5.32 Å². The maximum Gasteiger partial charge on any atom is 0.126 e. The zero-order valence-corrected chi connectivity index (χ0v) is 11.3. The Bertz CT molecular complexity index is 587. The van der Waals surface area contributed by atoms with Gasteiger partial charge in [0, 0.05) is 29.4 Å². The normalized spacial score (nSPS) is 15.7. The zero-order chi connectivity index (χ0) is 12.7. The van der Waals surface area contributed by atoms with Crippen LogP contribution in [0, 0.1) is 19.7 Å². The number of hydrogen-bond donors (Lipinski definition) is 1. The number of aryl methyl sites for hydroxylation is 2. The van der Waals surface area contributed by atoms with E-state index in [0.29, 0.717) is 11.5 Å². The molecule has 1 aliphatic heterocycles. The molecule has 3 rings (SSSR count). The van der Waals surface area contributed by atoms with Crippen molar-refractivity contribution in [2.75, 3.05) is 13.1 Å². The van der Waals surface area contributed by atoms with Gasteiger partial charge in [-0.15, -0.1) is 11.3 Å². The third-order valence-corrected chi connectivity index (χ3v) is 4.76. The second-order valence-corrected chi connectivity index (χ2v) is 5.82. The Balaban J connectivity index is 1.98. The summed E-state index contributed by atoms with van der Waals surface area (Å²) in [6.45, 7) is 5.94. The molecule has 0 atom stereocenters. The number of nitrogens with one attached hydrogen (secondary N) is 1. The first-order valence-electron chi connectivity index (χ1n) is 6.09. The van der Waals surface area contributed by atoms with Crippen LogP contribution in [0.25, 0.3) is 10.6 Å². The maximum atomic E-state index is 13.3. The van der Waals surface area contributed by atoms with Crippen LogP contribution in [0.3, 0.4) is 0 Å². The van der Waals surface area contributed by atoms with Crippen LogP contribution in [-0.2, 0) is 0 Å². The minimum Gasteiger partial charge on any atom is -0.315 e. The number of nitrogens with zero attached hydrogens (tertiary/aromatic N) is 1. The van der Waals surface area contributed by atoms with Gasteiger partial charge in [-0.25, -0.2) is 9.37 Å². The van der Waals surface area contributed by atoms with Gasteiger partial charge in [-0.3, -0.25) is 0 Å². The SMILES string of the molecule is Cc1cc(-c2nc(C)c(C3CNC3)s2)ccc1F. The first kappa shape index (κ1) is 11.8. The quantitative estimate of drug-likeness (QED) is 0.898. The van der Waals surface area contributed by atoms with Gasteiger partial charge in [0.15, 0.2) is 0 Å². The van der Waals surface area contributed by atoms with Crippen LogP contribution >= 0.6 is 11.3 Å². The van der Waals surface area contributed by atoms with Crippen LogP contribution in [0.5, 0.6) is 0 Å². The van der Waals surface area contributed by atoms with Gasteiger partial charge >= 0.3 is 0 Å². The predicted molar refractivity (Wildman–Crippen MR) is 72.6 cm³/mol. The second kappa shape index (κ2) is 4.44. The smallest absolute Gasteiger partial charge is 0.126 e. The van der Waals surface area contributed by atoms with E-state index in [4.69, 9.17) is 0 Å². The van der Waals surface area contributed by atoms with E-state index >= 15 is 0 Å². The van der Waals surface area contributed by atoms with Crippen LogP contribution in [-0.4, -0.2) is 18.1 Å². The molecule has 18 heavy (non-hydrogen) atoms. The Morgan fingerprint density at radius 2 is 2.11 bits per heavy atom. The van der Waals surface area contributed by atoms with Crippen molar-refractivity contribution in [3.63, 3.8) is 0 Å². The Labute approximate surface area is 110 Å². The summed E-state index contributed by atoms with van der Waals surface area (Å²) in [7, 11) is 0. The summed E-state index contributed by atoms with van der Waals surface area (Å²) >= 11 is 1.74. The number of thiazole rings is 1. The van der Waals surface area contributed by atoms with Crippen molar-refractivity contribution in [3.05, 3.63) is 40.2 Å². The van der Waals surface area contributed by atoms with Crippen LogP contribution in [0.4, 0.5) is 4.39 Å². The van der Waals surface area contributed by atoms with Gasteiger partial charge in [0.1, 0.15) is 10.8 Å². The molecule has 0 radical (unpaired) electrons. The van der Waals surface area contributed by atoms with E-state index in [1.807, 2.05) is 12.1 Å². The molecular formula is C14H15FN2S. The van der Waals surface area contributed by atoms with Gasteiger partial charge in [-0.2, -0.15) is 0 Å². The molecule has 0 spiro atoms. The Kier molecular flexibility index (Phi) is 2.92. The lowest BCUT2D eigenvalue weighted by Gasteiger charge is -2.26. The molecule has 0 bridgehead atoms. The summed E-state index contributed by atoms with van der Waals surface area (Å²) in [5.41, 5.74) is 2.80. The maximum absolute atomic E-state index is 13.3. The van der Waals surface area contributed by atoms with Crippen molar-refractivity contribution in [2.45, 2.75) is 19.8 Å². The van der Waals surface area contributed by atoms with Gasteiger partial charge in [-0.1, -0.05) is 0 Å². The van der Waals surface area contributed by atoms with Crippen molar-refractivity contribution >= 4 is 11.3 Å². The number of aromatic nitrogens is 1. The highest BCUT2D eigenvalue weighted by Crippen LogP contribution is 2.34. The van der Waals surface area contributed by atoms with E-state index in [1.165, 1.54) is 10.9 Å². The topological polar surface area (TPSA) is 24.9 Å². The van der Waals surface area contributed by atoms with Crippen LogP contribution in [0.15, 0.2) is 18.2 Å². The molecule has 0 amide bonds. The average molecular weight is 262 g/mol. The first-order chi connectivity index (χ1) is 8.65. The summed E-state index contributed by atoms with van der Waals surface area (Å²) in [5, 5.41) is 4.28. The Hall–Kier alpha value is -1.26. The second-order valence-electron chi connectivity index (χ2n) is 4.79. The molecule has 94 valence electrons. The molecule has 1 aromatic heterocycles. The van der Waals surface area contributed by atoms with Crippen molar-refractivity contribution in [2.24, 2.45) is 0 Å². The van der Waals surface area contributed by atoms with Crippen LogP contribution in [0.1, 0.15) is 22.1 Å². The molecule has 1 fully saturated rings. The Morgan fingerprint density at radius 3 is 2.72 bits per heavy atom. The zero-order valence-electron chi connectivity index (χ0n) is 10.5. The highest BCUT2D eigenvalue weighted by Gasteiger charge is 2.24. The Morgan fingerprint density at radius 1 is 1.33 bits per heavy atom. The molecule has 1 aliphatic rings. The van der Waals surface area contributed by atoms with Crippen LogP contribution in [0.2, 0.25) is 0 Å². The van der Waals surface area contributed by atoms with Crippen LogP contribution < -0.4 is 5.32 Å². The van der Waals surface area contributed by atoms with E-state index in [-0.39, 0.29) is 5.82 Å². The molecule has 2 heterocycles. The summed E-state index contributed by atoms with van der Waals surface area (Å²) in [5.74, 6) is 0.452. The van der Waals surface area contributed by atoms with Gasteiger partial charge in [0.25, 0.3) is 0 Å². The van der Waals surface area contributed by atoms with E-state index in [9.17, 15) is 4.39 Å². The molecule has 0 unspecified atom stereocenters. The van der Waals surface area contributed by atoms with Crippen molar-refractivity contribution in [3.8, 4) is 10.6 Å². The summed E-state index contributed by atoms with van der Waals surface area (Å²) in [6, 6.07) is 5.20. The van der Waals surface area contributed by atoms with Crippen molar-refractivity contribution in [1.82, 2.24) is 10.3 Å². The molecule has 1 saturated heterocycles. The summed E-state index contributed by atoms with van der Waals surface area (Å²) in [4.78, 5) is 5.99. The lowest BCUT2D eigenvalue weighted by Crippen LogP contribution is -2.39. The number of rotatable bonds is 2. The fraction of sp³-hybridized carbons (Fsp3) is 0.357. The number of benzene rings is 1. The molecule has 2 nitrogen and oxygen atoms in total. The summed E-state index contributed by atoms with van der Waals surface area (Å²) < 4.78 is 13.3. The fourth-order valence-corrected chi connectivity index (χ4v) is 3.32. The van der Waals surface area contributed by atoms with Gasteiger partial charge in [-0.05, 0) is 37.6 Å². The van der Waals surface area contributed by atoms with E-state index in [1.54, 1.807) is 18.3 Å². The molecule has 0 saturated carbocycles.